The van der Waals surface area contributed by atoms with Crippen LogP contribution in [0.4, 0.5) is 0 Å². The quantitative estimate of drug-likeness (QED) is 0.754. The molecule has 2 rings (SSSR count). The molecule has 0 bridgehead atoms. The lowest BCUT2D eigenvalue weighted by atomic mass is 9.79. The minimum atomic E-state index is 0.221. The van der Waals surface area contributed by atoms with Crippen LogP contribution in [0, 0.1) is 6.92 Å². The molecule has 1 nitrogen and oxygen atoms in total. The number of hydrogen-bond donors (Lipinski definition) is 1. The van der Waals surface area contributed by atoms with Crippen LogP contribution in [0.5, 0.6) is 5.75 Å². The predicted molar refractivity (Wildman–Crippen MR) is 68.3 cm³/mol. The average molecular weight is 218 g/mol. The molecular formula is C15H22O. The highest BCUT2D eigenvalue weighted by molar-refractivity contribution is 5.55. The van der Waals surface area contributed by atoms with Gasteiger partial charge in [-0.05, 0) is 53.9 Å². The van der Waals surface area contributed by atoms with Crippen molar-refractivity contribution in [1.82, 2.24) is 0 Å². The lowest BCUT2D eigenvalue weighted by Crippen LogP contribution is -2.15. The second-order valence-electron chi connectivity index (χ2n) is 6.02. The van der Waals surface area contributed by atoms with E-state index < -0.39 is 0 Å². The lowest BCUT2D eigenvalue weighted by Gasteiger charge is -2.25. The Kier molecular flexibility index (Phi) is 2.52. The van der Waals surface area contributed by atoms with E-state index in [-0.39, 0.29) is 5.41 Å². The zero-order valence-electron chi connectivity index (χ0n) is 11.0. The van der Waals surface area contributed by atoms with Crippen LogP contribution in [-0.2, 0) is 11.8 Å². The van der Waals surface area contributed by atoms with Gasteiger partial charge in [-0.15, -0.1) is 0 Å². The van der Waals surface area contributed by atoms with Crippen molar-refractivity contribution in [2.24, 2.45) is 0 Å². The molecule has 0 fully saturated rings. The van der Waals surface area contributed by atoms with Crippen molar-refractivity contribution in [3.05, 3.63) is 28.3 Å². The molecule has 1 N–H and O–H groups in total. The number of phenolic OH excluding ortho intramolecular Hbond substituents is 1. The normalized spacial score (nSPS) is 17.9. The van der Waals surface area contributed by atoms with E-state index in [4.69, 9.17) is 0 Å². The molecule has 1 aliphatic rings. The van der Waals surface area contributed by atoms with Gasteiger partial charge < -0.3 is 5.11 Å². The van der Waals surface area contributed by atoms with Crippen molar-refractivity contribution in [2.45, 2.75) is 58.8 Å². The van der Waals surface area contributed by atoms with Crippen LogP contribution in [0.15, 0.2) is 6.07 Å². The third-order valence-electron chi connectivity index (χ3n) is 3.93. The first-order chi connectivity index (χ1) is 7.34. The van der Waals surface area contributed by atoms with Crippen LogP contribution in [-0.4, -0.2) is 5.11 Å². The van der Waals surface area contributed by atoms with E-state index in [9.17, 15) is 5.11 Å². The number of aromatic hydroxyl groups is 1. The van der Waals surface area contributed by atoms with Crippen LogP contribution in [0.1, 0.15) is 62.3 Å². The van der Waals surface area contributed by atoms with Gasteiger partial charge in [0, 0.05) is 5.56 Å². The summed E-state index contributed by atoms with van der Waals surface area (Å²) in [5, 5.41) is 10.2. The summed E-state index contributed by atoms with van der Waals surface area (Å²) in [6.45, 7) is 11.0. The van der Waals surface area contributed by atoms with Gasteiger partial charge in [0.05, 0.1) is 0 Å². The highest BCUT2D eigenvalue weighted by atomic mass is 16.3. The van der Waals surface area contributed by atoms with E-state index in [1.54, 1.807) is 0 Å². The highest BCUT2D eigenvalue weighted by Crippen LogP contribution is 2.46. The van der Waals surface area contributed by atoms with Crippen molar-refractivity contribution < 1.29 is 5.11 Å². The summed E-state index contributed by atoms with van der Waals surface area (Å²) in [4.78, 5) is 0. The van der Waals surface area contributed by atoms with Crippen LogP contribution in [0.2, 0.25) is 0 Å². The maximum absolute atomic E-state index is 10.2. The van der Waals surface area contributed by atoms with E-state index in [1.165, 1.54) is 28.7 Å². The third-order valence-corrected chi connectivity index (χ3v) is 3.93. The van der Waals surface area contributed by atoms with Gasteiger partial charge in [-0.25, -0.2) is 0 Å². The first-order valence-electron chi connectivity index (χ1n) is 6.20. The monoisotopic (exact) mass is 218 g/mol. The first-order valence-corrected chi connectivity index (χ1v) is 6.20. The van der Waals surface area contributed by atoms with E-state index >= 15 is 0 Å². The Bertz CT molecular complexity index is 428. The van der Waals surface area contributed by atoms with Crippen LogP contribution in [0.25, 0.3) is 0 Å². The average Bonchev–Trinajstić information content (AvgIpc) is 2.42. The van der Waals surface area contributed by atoms with Gasteiger partial charge >= 0.3 is 0 Å². The fourth-order valence-electron chi connectivity index (χ4n) is 3.10. The van der Waals surface area contributed by atoms with Crippen molar-refractivity contribution in [1.29, 1.82) is 0 Å². The van der Waals surface area contributed by atoms with Crippen molar-refractivity contribution in [3.8, 4) is 5.75 Å². The number of fused-ring (bicyclic) bond motifs is 1. The molecule has 1 aromatic rings. The SMILES string of the molecule is Cc1cc(O)c(C(C)C)c2c1CCC2(C)C. The largest absolute Gasteiger partial charge is 0.508 e. The Morgan fingerprint density at radius 1 is 1.31 bits per heavy atom. The molecule has 1 heteroatoms. The van der Waals surface area contributed by atoms with Gasteiger partial charge in [-0.2, -0.15) is 0 Å². The van der Waals surface area contributed by atoms with Crippen LogP contribution >= 0.6 is 0 Å². The van der Waals surface area contributed by atoms with E-state index in [0.717, 1.165) is 6.42 Å². The number of phenols is 1. The minimum Gasteiger partial charge on any atom is -0.508 e. The molecule has 88 valence electrons. The molecule has 0 aromatic heterocycles. The summed E-state index contributed by atoms with van der Waals surface area (Å²) < 4.78 is 0. The number of hydrogen-bond acceptors (Lipinski definition) is 1. The van der Waals surface area contributed by atoms with Crippen LogP contribution < -0.4 is 0 Å². The summed E-state index contributed by atoms with van der Waals surface area (Å²) in [5.74, 6) is 0.882. The van der Waals surface area contributed by atoms with Crippen LogP contribution in [0.3, 0.4) is 0 Å². The van der Waals surface area contributed by atoms with E-state index in [2.05, 4.69) is 34.6 Å². The Morgan fingerprint density at radius 2 is 1.94 bits per heavy atom. The van der Waals surface area contributed by atoms with Crippen molar-refractivity contribution in [3.63, 3.8) is 0 Å². The second-order valence-corrected chi connectivity index (χ2v) is 6.02. The zero-order valence-corrected chi connectivity index (χ0v) is 11.0. The summed E-state index contributed by atoms with van der Waals surface area (Å²) in [7, 11) is 0. The van der Waals surface area contributed by atoms with Gasteiger partial charge in [-0.1, -0.05) is 27.7 Å². The minimum absolute atomic E-state index is 0.221. The van der Waals surface area contributed by atoms with Crippen molar-refractivity contribution >= 4 is 0 Å². The molecule has 1 aliphatic carbocycles. The molecule has 0 atom stereocenters. The fourth-order valence-corrected chi connectivity index (χ4v) is 3.10. The number of aryl methyl sites for hydroxylation is 1. The molecule has 0 spiro atoms. The molecule has 0 saturated heterocycles. The van der Waals surface area contributed by atoms with Gasteiger partial charge in [-0.3, -0.25) is 0 Å². The Morgan fingerprint density at radius 3 is 2.50 bits per heavy atom. The maximum Gasteiger partial charge on any atom is 0.119 e. The Hall–Kier alpha value is -0.980. The van der Waals surface area contributed by atoms with Gasteiger partial charge in [0.2, 0.25) is 0 Å². The maximum atomic E-state index is 10.2. The highest BCUT2D eigenvalue weighted by Gasteiger charge is 2.35. The number of rotatable bonds is 1. The summed E-state index contributed by atoms with van der Waals surface area (Å²) in [6, 6.07) is 1.94. The fraction of sp³-hybridized carbons (Fsp3) is 0.600. The summed E-state index contributed by atoms with van der Waals surface area (Å²) in [6.07, 6.45) is 2.36. The molecule has 0 unspecified atom stereocenters. The smallest absolute Gasteiger partial charge is 0.119 e. The molecule has 16 heavy (non-hydrogen) atoms. The van der Waals surface area contributed by atoms with Gasteiger partial charge in [0.1, 0.15) is 5.75 Å². The van der Waals surface area contributed by atoms with Gasteiger partial charge in [0.15, 0.2) is 0 Å². The lowest BCUT2D eigenvalue weighted by molar-refractivity contribution is 0.455. The summed E-state index contributed by atoms with van der Waals surface area (Å²) in [5.41, 5.74) is 5.54. The summed E-state index contributed by atoms with van der Waals surface area (Å²) >= 11 is 0. The predicted octanol–water partition coefficient (Wildman–Crippen LogP) is 4.05. The zero-order chi connectivity index (χ0) is 12.1. The molecule has 0 heterocycles. The first kappa shape index (κ1) is 11.5. The second kappa shape index (κ2) is 3.51. The molecular weight excluding hydrogens is 196 g/mol. The number of benzene rings is 1. The van der Waals surface area contributed by atoms with E-state index in [1.807, 2.05) is 6.07 Å². The third kappa shape index (κ3) is 1.53. The molecule has 0 aliphatic heterocycles. The van der Waals surface area contributed by atoms with E-state index in [0.29, 0.717) is 11.7 Å². The molecule has 0 saturated carbocycles. The molecule has 1 aromatic carbocycles. The Labute approximate surface area is 98.5 Å². The van der Waals surface area contributed by atoms with Crippen molar-refractivity contribution in [2.75, 3.05) is 0 Å². The molecule has 0 amide bonds. The Balaban J connectivity index is 2.77. The molecule has 0 radical (unpaired) electrons. The topological polar surface area (TPSA) is 20.2 Å². The van der Waals surface area contributed by atoms with Gasteiger partial charge in [0.25, 0.3) is 0 Å². The standard InChI is InChI=1S/C15H22O/c1-9(2)13-12(16)8-10(3)11-6-7-15(4,5)14(11)13/h8-9,16H,6-7H2,1-5H3.